The van der Waals surface area contributed by atoms with Crippen molar-refractivity contribution in [2.45, 2.75) is 71.1 Å². The Kier molecular flexibility index (Phi) is 17.0. The molecule has 0 radical (unpaired) electrons. The number of hydrogen-bond donors (Lipinski definition) is 1. The molecule has 0 heterocycles. The van der Waals surface area contributed by atoms with E-state index >= 15 is 0 Å². The molecule has 0 bridgehead atoms. The molecule has 0 aromatic rings. The quantitative estimate of drug-likeness (QED) is 0.336. The van der Waals surface area contributed by atoms with Gasteiger partial charge < -0.3 is 0 Å². The zero-order valence-electron chi connectivity index (χ0n) is 10.5. The average molecular weight is 390 g/mol. The summed E-state index contributed by atoms with van der Waals surface area (Å²) in [5.41, 5.74) is 0. The van der Waals surface area contributed by atoms with Gasteiger partial charge in [-0.2, -0.15) is 8.42 Å². The van der Waals surface area contributed by atoms with E-state index in [9.17, 15) is 8.42 Å². The standard InChI is InChI=1S/C12H26O3S.Ba.2H/c1-2-3-4-5-6-7-8-9-10-11-12-16(13,14)15;;;/h2-12H2,1H3,(H,13,14,15);;;. The van der Waals surface area contributed by atoms with Crippen LogP contribution in [0.3, 0.4) is 0 Å². The van der Waals surface area contributed by atoms with Gasteiger partial charge in [-0.15, -0.1) is 0 Å². The Balaban J connectivity index is 0. The summed E-state index contributed by atoms with van der Waals surface area (Å²) in [5, 5.41) is 0. The Hall–Kier alpha value is 1.48. The Bertz CT molecular complexity index is 240. The van der Waals surface area contributed by atoms with Gasteiger partial charge in [0.05, 0.1) is 5.75 Å². The molecule has 0 saturated carbocycles. The van der Waals surface area contributed by atoms with Crippen LogP contribution in [0.15, 0.2) is 0 Å². The zero-order chi connectivity index (χ0) is 12.3. The molecule has 17 heavy (non-hydrogen) atoms. The van der Waals surface area contributed by atoms with E-state index < -0.39 is 10.1 Å². The van der Waals surface area contributed by atoms with Gasteiger partial charge in [0.25, 0.3) is 10.1 Å². The van der Waals surface area contributed by atoms with E-state index in [2.05, 4.69) is 6.92 Å². The van der Waals surface area contributed by atoms with E-state index in [1.165, 1.54) is 44.9 Å². The van der Waals surface area contributed by atoms with Crippen LogP contribution in [-0.2, 0) is 10.1 Å². The van der Waals surface area contributed by atoms with E-state index in [0.29, 0.717) is 6.42 Å². The van der Waals surface area contributed by atoms with Crippen molar-refractivity contribution in [1.82, 2.24) is 0 Å². The number of rotatable bonds is 11. The maximum atomic E-state index is 10.4. The van der Waals surface area contributed by atoms with E-state index in [1.54, 1.807) is 0 Å². The molecule has 0 rings (SSSR count). The van der Waals surface area contributed by atoms with Crippen molar-refractivity contribution in [3.8, 4) is 0 Å². The van der Waals surface area contributed by atoms with Crippen molar-refractivity contribution in [2.24, 2.45) is 0 Å². The van der Waals surface area contributed by atoms with E-state index in [1.807, 2.05) is 0 Å². The van der Waals surface area contributed by atoms with Crippen molar-refractivity contribution in [3.63, 3.8) is 0 Å². The summed E-state index contributed by atoms with van der Waals surface area (Å²) in [6.07, 6.45) is 11.7. The predicted octanol–water partition coefficient (Wildman–Crippen LogP) is 2.88. The van der Waals surface area contributed by atoms with Gasteiger partial charge in [-0.05, 0) is 6.42 Å². The maximum absolute atomic E-state index is 10.4. The van der Waals surface area contributed by atoms with Gasteiger partial charge in [0, 0.05) is 0 Å². The molecule has 0 fully saturated rings. The molecule has 0 aromatic heterocycles. The van der Waals surface area contributed by atoms with Crippen LogP contribution in [0.4, 0.5) is 0 Å². The molecular formula is C12H28BaO3S. The molecule has 5 heteroatoms. The third-order valence-electron chi connectivity index (χ3n) is 2.76. The third kappa shape index (κ3) is 20.0. The fraction of sp³-hybridized carbons (Fsp3) is 1.00. The first-order valence-corrected chi connectivity index (χ1v) is 8.12. The van der Waals surface area contributed by atoms with Gasteiger partial charge in [0.1, 0.15) is 0 Å². The van der Waals surface area contributed by atoms with Crippen LogP contribution in [0.1, 0.15) is 71.1 Å². The average Bonchev–Trinajstić information content (AvgIpc) is 2.19. The summed E-state index contributed by atoms with van der Waals surface area (Å²) < 4.78 is 29.4. The van der Waals surface area contributed by atoms with Crippen molar-refractivity contribution in [2.75, 3.05) is 5.75 Å². The monoisotopic (exact) mass is 390 g/mol. The summed E-state index contributed by atoms with van der Waals surface area (Å²) >= 11 is 0. The van der Waals surface area contributed by atoms with Gasteiger partial charge in [0.15, 0.2) is 0 Å². The van der Waals surface area contributed by atoms with Gasteiger partial charge in [-0.1, -0.05) is 64.7 Å². The second-order valence-corrected chi connectivity index (χ2v) is 6.04. The summed E-state index contributed by atoms with van der Waals surface area (Å²) in [6.45, 7) is 2.22. The second kappa shape index (κ2) is 13.9. The third-order valence-corrected chi connectivity index (χ3v) is 3.56. The fourth-order valence-corrected chi connectivity index (χ4v) is 2.34. The minimum absolute atomic E-state index is 0. The summed E-state index contributed by atoms with van der Waals surface area (Å²) in [7, 11) is -3.73. The van der Waals surface area contributed by atoms with Crippen LogP contribution < -0.4 is 0 Å². The second-order valence-electron chi connectivity index (χ2n) is 4.47. The number of unbranched alkanes of at least 4 members (excludes halogenated alkanes) is 9. The molecule has 0 saturated heterocycles. The molecule has 0 atom stereocenters. The minimum atomic E-state index is -3.73. The molecule has 0 aromatic carbocycles. The van der Waals surface area contributed by atoms with Gasteiger partial charge in [-0.25, -0.2) is 0 Å². The van der Waals surface area contributed by atoms with Gasteiger partial charge >= 0.3 is 48.9 Å². The van der Waals surface area contributed by atoms with Crippen LogP contribution in [0.25, 0.3) is 0 Å². The first kappa shape index (κ1) is 20.8. The normalized spacial score (nSPS) is 11.2. The first-order chi connectivity index (χ1) is 7.56. The topological polar surface area (TPSA) is 54.4 Å². The molecule has 102 valence electrons. The van der Waals surface area contributed by atoms with Crippen molar-refractivity contribution in [1.29, 1.82) is 0 Å². The SMILES string of the molecule is CCCCCCCCCCCCS(=O)(=O)O.[BaH2]. The Morgan fingerprint density at radius 3 is 1.47 bits per heavy atom. The molecule has 3 nitrogen and oxygen atoms in total. The first-order valence-electron chi connectivity index (χ1n) is 6.51. The van der Waals surface area contributed by atoms with Crippen LogP contribution in [0, 0.1) is 0 Å². The molecule has 0 aliphatic carbocycles. The van der Waals surface area contributed by atoms with Crippen LogP contribution in [0.5, 0.6) is 0 Å². The summed E-state index contributed by atoms with van der Waals surface area (Å²) in [5.74, 6) is -0.0799. The zero-order valence-corrected chi connectivity index (χ0v) is 11.3. The van der Waals surface area contributed by atoms with Crippen LogP contribution >= 0.6 is 0 Å². The molecule has 0 unspecified atom stereocenters. The fourth-order valence-electron chi connectivity index (χ4n) is 1.77. The molecular weight excluding hydrogens is 362 g/mol. The Labute approximate surface area is 147 Å². The van der Waals surface area contributed by atoms with Crippen molar-refractivity contribution in [3.05, 3.63) is 0 Å². The van der Waals surface area contributed by atoms with E-state index in [-0.39, 0.29) is 54.6 Å². The van der Waals surface area contributed by atoms with Crippen molar-refractivity contribution < 1.29 is 13.0 Å². The molecule has 0 amide bonds. The molecule has 0 aliphatic heterocycles. The molecule has 0 aliphatic rings. The van der Waals surface area contributed by atoms with E-state index in [4.69, 9.17) is 4.55 Å². The van der Waals surface area contributed by atoms with E-state index in [0.717, 1.165) is 12.8 Å². The van der Waals surface area contributed by atoms with Gasteiger partial charge in [0.2, 0.25) is 0 Å². The predicted molar refractivity (Wildman–Crippen MR) is 76.8 cm³/mol. The number of hydrogen-bond acceptors (Lipinski definition) is 2. The van der Waals surface area contributed by atoms with Gasteiger partial charge in [-0.3, -0.25) is 4.55 Å². The van der Waals surface area contributed by atoms with Crippen LogP contribution in [-0.4, -0.2) is 67.6 Å². The van der Waals surface area contributed by atoms with Crippen LogP contribution in [0.2, 0.25) is 0 Å². The molecule has 0 spiro atoms. The molecule has 1 N–H and O–H groups in total. The Morgan fingerprint density at radius 2 is 1.12 bits per heavy atom. The Morgan fingerprint density at radius 1 is 0.765 bits per heavy atom. The summed E-state index contributed by atoms with van der Waals surface area (Å²) in [4.78, 5) is 0. The summed E-state index contributed by atoms with van der Waals surface area (Å²) in [6, 6.07) is 0. The van der Waals surface area contributed by atoms with Crippen molar-refractivity contribution >= 4 is 59.0 Å².